The van der Waals surface area contributed by atoms with Gasteiger partial charge in [0.2, 0.25) is 0 Å². The van der Waals surface area contributed by atoms with Crippen molar-refractivity contribution in [3.63, 3.8) is 0 Å². The van der Waals surface area contributed by atoms with Crippen molar-refractivity contribution in [2.75, 3.05) is 17.7 Å². The SMILES string of the molecule is CC(C)COc1cccc(NC(=O)c2sccc2N)c1. The van der Waals surface area contributed by atoms with Crippen LogP contribution in [0.25, 0.3) is 0 Å². The zero-order valence-corrected chi connectivity index (χ0v) is 12.4. The zero-order valence-electron chi connectivity index (χ0n) is 11.6. The molecule has 1 aromatic heterocycles. The number of nitrogen functional groups attached to an aromatic ring is 1. The highest BCUT2D eigenvalue weighted by Crippen LogP contribution is 2.22. The monoisotopic (exact) mass is 290 g/mol. The lowest BCUT2D eigenvalue weighted by atomic mass is 10.2. The second-order valence-electron chi connectivity index (χ2n) is 4.89. The van der Waals surface area contributed by atoms with Gasteiger partial charge >= 0.3 is 0 Å². The Morgan fingerprint density at radius 3 is 2.85 bits per heavy atom. The van der Waals surface area contributed by atoms with Gasteiger partial charge in [-0.05, 0) is 29.5 Å². The van der Waals surface area contributed by atoms with E-state index in [9.17, 15) is 4.79 Å². The van der Waals surface area contributed by atoms with Gasteiger partial charge < -0.3 is 15.8 Å². The lowest BCUT2D eigenvalue weighted by Crippen LogP contribution is -2.12. The molecule has 1 aromatic carbocycles. The molecular formula is C15H18N2O2S. The van der Waals surface area contributed by atoms with Crippen LogP contribution in [0, 0.1) is 5.92 Å². The average Bonchev–Trinajstić information content (AvgIpc) is 2.83. The molecule has 0 atom stereocenters. The van der Waals surface area contributed by atoms with Gasteiger partial charge in [-0.1, -0.05) is 19.9 Å². The molecule has 4 nitrogen and oxygen atoms in total. The van der Waals surface area contributed by atoms with E-state index in [0.717, 1.165) is 5.75 Å². The van der Waals surface area contributed by atoms with Crippen molar-refractivity contribution in [3.05, 3.63) is 40.6 Å². The van der Waals surface area contributed by atoms with E-state index in [4.69, 9.17) is 10.5 Å². The molecule has 0 saturated carbocycles. The fourth-order valence-corrected chi connectivity index (χ4v) is 2.33. The summed E-state index contributed by atoms with van der Waals surface area (Å²) in [6, 6.07) is 9.08. The summed E-state index contributed by atoms with van der Waals surface area (Å²) in [6.45, 7) is 4.83. The molecule has 3 N–H and O–H groups in total. The summed E-state index contributed by atoms with van der Waals surface area (Å²) < 4.78 is 5.63. The first kappa shape index (κ1) is 14.4. The quantitative estimate of drug-likeness (QED) is 0.884. The Hall–Kier alpha value is -2.01. The maximum atomic E-state index is 12.1. The predicted octanol–water partition coefficient (Wildman–Crippen LogP) is 3.62. The van der Waals surface area contributed by atoms with E-state index in [1.54, 1.807) is 11.4 Å². The van der Waals surface area contributed by atoms with E-state index < -0.39 is 0 Å². The third-order valence-corrected chi connectivity index (χ3v) is 3.51. The van der Waals surface area contributed by atoms with Gasteiger partial charge in [-0.25, -0.2) is 0 Å². The molecule has 0 unspecified atom stereocenters. The smallest absolute Gasteiger partial charge is 0.267 e. The number of ether oxygens (including phenoxy) is 1. The number of hydrogen-bond donors (Lipinski definition) is 2. The summed E-state index contributed by atoms with van der Waals surface area (Å²) >= 11 is 1.33. The molecule has 1 amide bonds. The van der Waals surface area contributed by atoms with Crippen LogP contribution >= 0.6 is 11.3 Å². The number of hydrogen-bond acceptors (Lipinski definition) is 4. The number of carbonyl (C=O) groups excluding carboxylic acids is 1. The van der Waals surface area contributed by atoms with Crippen LogP contribution in [0.2, 0.25) is 0 Å². The van der Waals surface area contributed by atoms with Gasteiger partial charge in [0.1, 0.15) is 10.6 Å². The van der Waals surface area contributed by atoms with Crippen LogP contribution < -0.4 is 15.8 Å². The van der Waals surface area contributed by atoms with Crippen LogP contribution in [0.1, 0.15) is 23.5 Å². The highest BCUT2D eigenvalue weighted by Gasteiger charge is 2.11. The summed E-state index contributed by atoms with van der Waals surface area (Å²) in [6.07, 6.45) is 0. The zero-order chi connectivity index (χ0) is 14.5. The molecule has 0 saturated heterocycles. The summed E-state index contributed by atoms with van der Waals surface area (Å²) in [4.78, 5) is 12.6. The van der Waals surface area contributed by atoms with E-state index in [1.807, 2.05) is 24.3 Å². The molecule has 2 aromatic rings. The molecule has 106 valence electrons. The van der Waals surface area contributed by atoms with Crippen molar-refractivity contribution in [1.29, 1.82) is 0 Å². The van der Waals surface area contributed by atoms with Crippen molar-refractivity contribution in [2.24, 2.45) is 5.92 Å². The van der Waals surface area contributed by atoms with E-state index in [-0.39, 0.29) is 5.91 Å². The first-order valence-corrected chi connectivity index (χ1v) is 7.31. The van der Waals surface area contributed by atoms with Crippen LogP contribution in [0.15, 0.2) is 35.7 Å². The summed E-state index contributed by atoms with van der Waals surface area (Å²) in [5.41, 5.74) is 6.93. The predicted molar refractivity (Wildman–Crippen MR) is 83.5 cm³/mol. The molecule has 2 rings (SSSR count). The minimum Gasteiger partial charge on any atom is -0.493 e. The molecule has 0 spiro atoms. The second-order valence-corrected chi connectivity index (χ2v) is 5.81. The second kappa shape index (κ2) is 6.43. The minimum absolute atomic E-state index is 0.196. The number of nitrogens with one attached hydrogen (secondary N) is 1. The van der Waals surface area contributed by atoms with Gasteiger partial charge in [0.25, 0.3) is 5.91 Å². The Labute approximate surface area is 122 Å². The van der Waals surface area contributed by atoms with Crippen molar-refractivity contribution >= 4 is 28.6 Å². The number of benzene rings is 1. The Morgan fingerprint density at radius 2 is 2.20 bits per heavy atom. The number of anilines is 2. The van der Waals surface area contributed by atoms with Crippen molar-refractivity contribution < 1.29 is 9.53 Å². The standard InChI is InChI=1S/C15H18N2O2S/c1-10(2)9-19-12-5-3-4-11(8-12)17-15(18)14-13(16)6-7-20-14/h3-8,10H,9,16H2,1-2H3,(H,17,18). The molecule has 0 radical (unpaired) electrons. The fourth-order valence-electron chi connectivity index (χ4n) is 1.62. The Balaban J connectivity index is 2.04. The molecule has 0 aliphatic heterocycles. The van der Waals surface area contributed by atoms with E-state index in [0.29, 0.717) is 28.8 Å². The lowest BCUT2D eigenvalue weighted by molar-refractivity contribution is 0.103. The van der Waals surface area contributed by atoms with Gasteiger partial charge in [0, 0.05) is 11.8 Å². The van der Waals surface area contributed by atoms with Crippen LogP contribution in [-0.4, -0.2) is 12.5 Å². The van der Waals surface area contributed by atoms with Gasteiger partial charge in [-0.15, -0.1) is 11.3 Å². The minimum atomic E-state index is -0.196. The maximum absolute atomic E-state index is 12.1. The Morgan fingerprint density at radius 1 is 1.40 bits per heavy atom. The van der Waals surface area contributed by atoms with Crippen LogP contribution in [0.4, 0.5) is 11.4 Å². The molecule has 20 heavy (non-hydrogen) atoms. The van der Waals surface area contributed by atoms with Crippen LogP contribution in [0.5, 0.6) is 5.75 Å². The number of amides is 1. The molecule has 0 fully saturated rings. The van der Waals surface area contributed by atoms with Gasteiger partial charge in [-0.2, -0.15) is 0 Å². The molecule has 1 heterocycles. The van der Waals surface area contributed by atoms with Crippen molar-refractivity contribution in [2.45, 2.75) is 13.8 Å². The van der Waals surface area contributed by atoms with Crippen LogP contribution in [-0.2, 0) is 0 Å². The van der Waals surface area contributed by atoms with Crippen molar-refractivity contribution in [3.8, 4) is 5.75 Å². The molecule has 0 aliphatic rings. The largest absolute Gasteiger partial charge is 0.493 e. The third-order valence-electron chi connectivity index (χ3n) is 2.58. The van der Waals surface area contributed by atoms with Crippen LogP contribution in [0.3, 0.4) is 0 Å². The Kier molecular flexibility index (Phi) is 4.63. The summed E-state index contributed by atoms with van der Waals surface area (Å²) in [5, 5.41) is 4.62. The molecule has 0 aliphatic carbocycles. The fraction of sp³-hybridized carbons (Fsp3) is 0.267. The number of nitrogens with two attached hydrogens (primary N) is 1. The summed E-state index contributed by atoms with van der Waals surface area (Å²) in [5.74, 6) is 1.01. The summed E-state index contributed by atoms with van der Waals surface area (Å²) in [7, 11) is 0. The van der Waals surface area contributed by atoms with E-state index >= 15 is 0 Å². The van der Waals surface area contributed by atoms with Gasteiger partial charge in [0.15, 0.2) is 0 Å². The number of carbonyl (C=O) groups is 1. The van der Waals surface area contributed by atoms with Gasteiger partial charge in [0.05, 0.1) is 12.3 Å². The van der Waals surface area contributed by atoms with Crippen molar-refractivity contribution in [1.82, 2.24) is 0 Å². The topological polar surface area (TPSA) is 64.3 Å². The van der Waals surface area contributed by atoms with Gasteiger partial charge in [-0.3, -0.25) is 4.79 Å². The number of thiophene rings is 1. The number of rotatable bonds is 5. The molecule has 5 heteroatoms. The molecule has 0 bridgehead atoms. The third kappa shape index (κ3) is 3.74. The highest BCUT2D eigenvalue weighted by molar-refractivity contribution is 7.12. The lowest BCUT2D eigenvalue weighted by Gasteiger charge is -2.10. The Bertz CT molecular complexity index is 593. The van der Waals surface area contributed by atoms with E-state index in [2.05, 4.69) is 19.2 Å². The normalized spacial score (nSPS) is 10.6. The first-order valence-electron chi connectivity index (χ1n) is 6.43. The highest BCUT2D eigenvalue weighted by atomic mass is 32.1. The molecular weight excluding hydrogens is 272 g/mol. The van der Waals surface area contributed by atoms with E-state index in [1.165, 1.54) is 11.3 Å². The average molecular weight is 290 g/mol. The maximum Gasteiger partial charge on any atom is 0.267 e. The first-order chi connectivity index (χ1) is 9.56.